The van der Waals surface area contributed by atoms with E-state index in [1.165, 1.54) is 24.4 Å². The lowest BCUT2D eigenvalue weighted by molar-refractivity contribution is 0.0734. The van der Waals surface area contributed by atoms with Gasteiger partial charge in [-0.15, -0.1) is 0 Å². The maximum atomic E-state index is 12.2. The summed E-state index contributed by atoms with van der Waals surface area (Å²) in [5, 5.41) is 14.1. The van der Waals surface area contributed by atoms with Crippen LogP contribution in [0.4, 0.5) is 0 Å². The molecule has 0 radical (unpaired) electrons. The van der Waals surface area contributed by atoms with Crippen LogP contribution >= 0.6 is 11.6 Å². The van der Waals surface area contributed by atoms with E-state index in [9.17, 15) is 4.79 Å². The molecule has 0 aliphatic carbocycles. The van der Waals surface area contributed by atoms with Crippen LogP contribution in [0.1, 0.15) is 21.6 Å². The second-order valence-corrected chi connectivity index (χ2v) is 5.35. The Balaban J connectivity index is 1.90. The SMILES string of the molecule is Cc1nn(C)c2ncc(C(=O)Oc3ccc(C#N)c(Cl)c3)cc12. The minimum absolute atomic E-state index is 0.231. The van der Waals surface area contributed by atoms with Crippen molar-refractivity contribution < 1.29 is 9.53 Å². The van der Waals surface area contributed by atoms with Crippen LogP contribution in [0.15, 0.2) is 30.5 Å². The van der Waals surface area contributed by atoms with Crippen LogP contribution in [0.3, 0.4) is 0 Å². The standard InChI is InChI=1S/C16H11ClN4O2/c1-9-13-5-11(8-19-15(13)21(2)20-9)16(22)23-12-4-3-10(7-18)14(17)6-12/h3-6,8H,1-2H3. The van der Waals surface area contributed by atoms with Gasteiger partial charge in [-0.05, 0) is 25.1 Å². The molecule has 0 spiro atoms. The fraction of sp³-hybridized carbons (Fsp3) is 0.125. The summed E-state index contributed by atoms with van der Waals surface area (Å²) < 4.78 is 6.93. The average Bonchev–Trinajstić information content (AvgIpc) is 2.82. The number of carbonyl (C=O) groups is 1. The first kappa shape index (κ1) is 15.0. The highest BCUT2D eigenvalue weighted by Gasteiger charge is 2.14. The number of aromatic nitrogens is 3. The van der Waals surface area contributed by atoms with Gasteiger partial charge in [-0.1, -0.05) is 11.6 Å². The van der Waals surface area contributed by atoms with E-state index in [0.29, 0.717) is 16.8 Å². The van der Waals surface area contributed by atoms with E-state index in [4.69, 9.17) is 21.6 Å². The predicted octanol–water partition coefficient (Wildman–Crippen LogP) is 3.02. The first-order valence-electron chi connectivity index (χ1n) is 6.71. The van der Waals surface area contributed by atoms with Gasteiger partial charge in [0.25, 0.3) is 0 Å². The lowest BCUT2D eigenvalue weighted by Crippen LogP contribution is -2.09. The van der Waals surface area contributed by atoms with Crippen molar-refractivity contribution in [2.45, 2.75) is 6.92 Å². The van der Waals surface area contributed by atoms with E-state index in [2.05, 4.69) is 10.1 Å². The third-order valence-electron chi connectivity index (χ3n) is 3.37. The Morgan fingerprint density at radius 1 is 1.39 bits per heavy atom. The first-order valence-corrected chi connectivity index (χ1v) is 7.08. The minimum atomic E-state index is -0.552. The van der Waals surface area contributed by atoms with Gasteiger partial charge in [0.15, 0.2) is 5.65 Å². The topological polar surface area (TPSA) is 80.8 Å². The lowest BCUT2D eigenvalue weighted by Gasteiger charge is -2.05. The molecule has 0 fully saturated rings. The van der Waals surface area contributed by atoms with Gasteiger partial charge in [0, 0.05) is 24.7 Å². The van der Waals surface area contributed by atoms with E-state index in [1.807, 2.05) is 13.0 Å². The van der Waals surface area contributed by atoms with Crippen molar-refractivity contribution in [2.75, 3.05) is 0 Å². The zero-order valence-corrected chi connectivity index (χ0v) is 13.1. The Morgan fingerprint density at radius 3 is 2.87 bits per heavy atom. The largest absolute Gasteiger partial charge is 0.423 e. The van der Waals surface area contributed by atoms with Crippen LogP contribution in [0, 0.1) is 18.3 Å². The highest BCUT2D eigenvalue weighted by atomic mass is 35.5. The van der Waals surface area contributed by atoms with Crippen LogP contribution in [0.25, 0.3) is 11.0 Å². The normalized spacial score (nSPS) is 10.5. The number of fused-ring (bicyclic) bond motifs is 1. The fourth-order valence-corrected chi connectivity index (χ4v) is 2.45. The smallest absolute Gasteiger partial charge is 0.345 e. The van der Waals surface area contributed by atoms with Crippen molar-refractivity contribution >= 4 is 28.6 Å². The molecule has 114 valence electrons. The second kappa shape index (κ2) is 5.71. The number of nitriles is 1. The fourth-order valence-electron chi connectivity index (χ4n) is 2.24. The predicted molar refractivity (Wildman–Crippen MR) is 84.4 cm³/mol. The van der Waals surface area contributed by atoms with E-state index >= 15 is 0 Å². The van der Waals surface area contributed by atoms with E-state index in [-0.39, 0.29) is 10.8 Å². The number of halogens is 1. The number of rotatable bonds is 2. The molecule has 23 heavy (non-hydrogen) atoms. The molecule has 0 unspecified atom stereocenters. The van der Waals surface area contributed by atoms with Crippen molar-refractivity contribution in [3.63, 3.8) is 0 Å². The van der Waals surface area contributed by atoms with Crippen LogP contribution in [0.5, 0.6) is 5.75 Å². The molecular formula is C16H11ClN4O2. The van der Waals surface area contributed by atoms with Crippen molar-refractivity contribution in [3.8, 4) is 11.8 Å². The highest BCUT2D eigenvalue weighted by Crippen LogP contribution is 2.23. The molecule has 3 rings (SSSR count). The molecule has 0 saturated heterocycles. The maximum absolute atomic E-state index is 12.2. The minimum Gasteiger partial charge on any atom is -0.423 e. The van der Waals surface area contributed by atoms with Gasteiger partial charge in [-0.3, -0.25) is 4.68 Å². The molecule has 0 atom stereocenters. The zero-order chi connectivity index (χ0) is 16.6. The number of benzene rings is 1. The Labute approximate surface area is 136 Å². The van der Waals surface area contributed by atoms with Gasteiger partial charge in [-0.25, -0.2) is 9.78 Å². The summed E-state index contributed by atoms with van der Waals surface area (Å²) in [6.07, 6.45) is 1.44. The van der Waals surface area contributed by atoms with Crippen molar-refractivity contribution in [3.05, 3.63) is 52.3 Å². The van der Waals surface area contributed by atoms with Gasteiger partial charge in [0.2, 0.25) is 0 Å². The summed E-state index contributed by atoms with van der Waals surface area (Å²) in [7, 11) is 1.79. The van der Waals surface area contributed by atoms with Crippen LogP contribution in [-0.4, -0.2) is 20.7 Å². The lowest BCUT2D eigenvalue weighted by atomic mass is 10.2. The summed E-state index contributed by atoms with van der Waals surface area (Å²) in [6, 6.07) is 8.08. The number of esters is 1. The van der Waals surface area contributed by atoms with Gasteiger partial charge in [0.1, 0.15) is 11.8 Å². The Hall–Kier alpha value is -2.91. The zero-order valence-electron chi connectivity index (χ0n) is 12.4. The summed E-state index contributed by atoms with van der Waals surface area (Å²) in [4.78, 5) is 16.5. The first-order chi connectivity index (χ1) is 11.0. The van der Waals surface area contributed by atoms with Crippen LogP contribution in [0.2, 0.25) is 5.02 Å². The number of hydrogen-bond acceptors (Lipinski definition) is 5. The number of nitrogens with zero attached hydrogens (tertiary/aromatic N) is 4. The molecular weight excluding hydrogens is 316 g/mol. The molecule has 0 N–H and O–H groups in total. The second-order valence-electron chi connectivity index (χ2n) is 4.95. The van der Waals surface area contributed by atoms with Crippen molar-refractivity contribution in [1.82, 2.24) is 14.8 Å². The Morgan fingerprint density at radius 2 is 2.17 bits per heavy atom. The Kier molecular flexibility index (Phi) is 3.72. The molecule has 0 aliphatic rings. The van der Waals surface area contributed by atoms with E-state index < -0.39 is 5.97 Å². The number of carbonyl (C=O) groups excluding carboxylic acids is 1. The molecule has 6 nitrogen and oxygen atoms in total. The number of pyridine rings is 1. The van der Waals surface area contributed by atoms with Gasteiger partial charge >= 0.3 is 5.97 Å². The number of hydrogen-bond donors (Lipinski definition) is 0. The summed E-state index contributed by atoms with van der Waals surface area (Å²) in [6.45, 7) is 1.85. The van der Waals surface area contributed by atoms with Crippen LogP contribution < -0.4 is 4.74 Å². The summed E-state index contributed by atoms with van der Waals surface area (Å²) in [5.41, 5.74) is 2.11. The number of aryl methyl sites for hydroxylation is 2. The van der Waals surface area contributed by atoms with Crippen molar-refractivity contribution in [1.29, 1.82) is 5.26 Å². The molecule has 0 amide bonds. The highest BCUT2D eigenvalue weighted by molar-refractivity contribution is 6.31. The summed E-state index contributed by atoms with van der Waals surface area (Å²) in [5.74, 6) is -0.287. The van der Waals surface area contributed by atoms with E-state index in [0.717, 1.165) is 11.1 Å². The molecule has 2 heterocycles. The van der Waals surface area contributed by atoms with Gasteiger partial charge in [-0.2, -0.15) is 10.4 Å². The molecule has 1 aromatic carbocycles. The van der Waals surface area contributed by atoms with Gasteiger partial charge < -0.3 is 4.74 Å². The molecule has 0 bridgehead atoms. The van der Waals surface area contributed by atoms with Crippen LogP contribution in [-0.2, 0) is 7.05 Å². The number of ether oxygens (including phenoxy) is 1. The molecule has 0 aliphatic heterocycles. The molecule has 7 heteroatoms. The monoisotopic (exact) mass is 326 g/mol. The van der Waals surface area contributed by atoms with Gasteiger partial charge in [0.05, 0.1) is 21.8 Å². The molecule has 2 aromatic heterocycles. The average molecular weight is 327 g/mol. The molecule has 0 saturated carbocycles. The maximum Gasteiger partial charge on any atom is 0.345 e. The third-order valence-corrected chi connectivity index (χ3v) is 3.68. The summed E-state index contributed by atoms with van der Waals surface area (Å²) >= 11 is 5.92. The van der Waals surface area contributed by atoms with Crippen molar-refractivity contribution in [2.24, 2.45) is 7.05 Å². The van der Waals surface area contributed by atoms with E-state index in [1.54, 1.807) is 17.8 Å². The third kappa shape index (κ3) is 2.74. The Bertz CT molecular complexity index is 972. The molecule has 3 aromatic rings. The quantitative estimate of drug-likeness (QED) is 0.534.